The van der Waals surface area contributed by atoms with E-state index in [2.05, 4.69) is 4.98 Å². The van der Waals surface area contributed by atoms with Crippen molar-refractivity contribution in [3.63, 3.8) is 0 Å². The van der Waals surface area contributed by atoms with Crippen molar-refractivity contribution < 1.29 is 17.9 Å². The minimum atomic E-state index is -3.80. The normalized spacial score (nSPS) is 11.3. The Labute approximate surface area is 88.1 Å². The number of hydrogen-bond acceptors (Lipinski definition) is 5. The summed E-state index contributed by atoms with van der Waals surface area (Å²) in [6.45, 7) is 0.566. The highest BCUT2D eigenvalue weighted by Gasteiger charge is 2.15. The van der Waals surface area contributed by atoms with Crippen LogP contribution in [0, 0.1) is 0 Å². The highest BCUT2D eigenvalue weighted by atomic mass is 32.2. The van der Waals surface area contributed by atoms with E-state index in [1.807, 2.05) is 0 Å². The number of ether oxygens (including phenoxy) is 2. The molecule has 2 N–H and O–H groups in total. The van der Waals surface area contributed by atoms with Crippen LogP contribution in [-0.4, -0.2) is 33.7 Å². The van der Waals surface area contributed by atoms with Crippen molar-refractivity contribution in [1.29, 1.82) is 0 Å². The van der Waals surface area contributed by atoms with Gasteiger partial charge in [-0.15, -0.1) is 0 Å². The van der Waals surface area contributed by atoms with Crippen LogP contribution in [-0.2, 0) is 14.8 Å². The molecular weight excluding hydrogens is 220 g/mol. The molecule has 7 heteroatoms. The average molecular weight is 232 g/mol. The summed E-state index contributed by atoms with van der Waals surface area (Å²) in [5.74, 6) is -0.00273. The predicted molar refractivity (Wildman–Crippen MR) is 53.0 cm³/mol. The number of nitrogens with two attached hydrogens (primary N) is 1. The second-order valence-corrected chi connectivity index (χ2v) is 4.22. The van der Waals surface area contributed by atoms with Gasteiger partial charge in [0.25, 0.3) is 0 Å². The summed E-state index contributed by atoms with van der Waals surface area (Å²) in [6, 6.07) is 2.81. The van der Waals surface area contributed by atoms with Crippen molar-refractivity contribution in [3.8, 4) is 5.88 Å². The molecule has 0 aromatic carbocycles. The summed E-state index contributed by atoms with van der Waals surface area (Å²) in [7, 11) is -2.28. The van der Waals surface area contributed by atoms with E-state index in [4.69, 9.17) is 14.6 Å². The van der Waals surface area contributed by atoms with E-state index < -0.39 is 10.0 Å². The quantitative estimate of drug-likeness (QED) is 0.707. The molecule has 0 aliphatic heterocycles. The second-order valence-electron chi connectivity index (χ2n) is 2.69. The summed E-state index contributed by atoms with van der Waals surface area (Å²) >= 11 is 0. The monoisotopic (exact) mass is 232 g/mol. The summed E-state index contributed by atoms with van der Waals surface area (Å²) in [5.41, 5.74) is 0. The molecule has 84 valence electrons. The maximum atomic E-state index is 11.1. The van der Waals surface area contributed by atoms with Gasteiger partial charge in [0.05, 0.1) is 6.61 Å². The smallest absolute Gasteiger partial charge is 0.243 e. The SMILES string of the molecule is COCCOc1ncccc1S(N)(=O)=O. The van der Waals surface area contributed by atoms with Gasteiger partial charge in [0.1, 0.15) is 11.5 Å². The van der Waals surface area contributed by atoms with E-state index in [0.717, 1.165) is 0 Å². The van der Waals surface area contributed by atoms with E-state index in [9.17, 15) is 8.42 Å². The van der Waals surface area contributed by atoms with Crippen LogP contribution in [0.15, 0.2) is 23.2 Å². The summed E-state index contributed by atoms with van der Waals surface area (Å²) in [5, 5.41) is 4.98. The maximum Gasteiger partial charge on any atom is 0.243 e. The van der Waals surface area contributed by atoms with Crippen LogP contribution in [0.1, 0.15) is 0 Å². The zero-order chi connectivity index (χ0) is 11.3. The average Bonchev–Trinajstić information content (AvgIpc) is 2.17. The van der Waals surface area contributed by atoms with Crippen LogP contribution in [0.25, 0.3) is 0 Å². The first-order valence-corrected chi connectivity index (χ1v) is 5.70. The lowest BCUT2D eigenvalue weighted by molar-refractivity contribution is 0.142. The van der Waals surface area contributed by atoms with E-state index in [0.29, 0.717) is 6.61 Å². The molecule has 0 aliphatic rings. The molecule has 0 atom stereocenters. The topological polar surface area (TPSA) is 91.5 Å². The third-order valence-electron chi connectivity index (χ3n) is 1.57. The van der Waals surface area contributed by atoms with E-state index in [-0.39, 0.29) is 17.4 Å². The van der Waals surface area contributed by atoms with Crippen LogP contribution in [0.3, 0.4) is 0 Å². The lowest BCUT2D eigenvalue weighted by atomic mass is 10.5. The Kier molecular flexibility index (Phi) is 4.01. The fourth-order valence-corrected chi connectivity index (χ4v) is 1.55. The number of methoxy groups -OCH3 is 1. The summed E-state index contributed by atoms with van der Waals surface area (Å²) in [4.78, 5) is 3.66. The molecule has 0 fully saturated rings. The third kappa shape index (κ3) is 3.46. The zero-order valence-electron chi connectivity index (χ0n) is 8.21. The Morgan fingerprint density at radius 2 is 2.20 bits per heavy atom. The Morgan fingerprint density at radius 1 is 1.47 bits per heavy atom. The van der Waals surface area contributed by atoms with Gasteiger partial charge >= 0.3 is 0 Å². The van der Waals surface area contributed by atoms with Gasteiger partial charge in [-0.3, -0.25) is 0 Å². The number of sulfonamides is 1. The number of pyridine rings is 1. The molecular formula is C8H12N2O4S. The van der Waals surface area contributed by atoms with Crippen molar-refractivity contribution in [2.75, 3.05) is 20.3 Å². The number of primary sulfonamides is 1. The molecule has 1 heterocycles. The molecule has 15 heavy (non-hydrogen) atoms. The van der Waals surface area contributed by atoms with Crippen LogP contribution in [0.5, 0.6) is 5.88 Å². The van der Waals surface area contributed by atoms with Crippen molar-refractivity contribution >= 4 is 10.0 Å². The minimum Gasteiger partial charge on any atom is -0.474 e. The number of rotatable bonds is 5. The van der Waals surface area contributed by atoms with Crippen molar-refractivity contribution in [3.05, 3.63) is 18.3 Å². The lowest BCUT2D eigenvalue weighted by Crippen LogP contribution is -2.15. The Morgan fingerprint density at radius 3 is 2.80 bits per heavy atom. The summed E-state index contributed by atoms with van der Waals surface area (Å²) in [6.07, 6.45) is 1.43. The minimum absolute atomic E-state index is 0.00273. The highest BCUT2D eigenvalue weighted by molar-refractivity contribution is 7.89. The summed E-state index contributed by atoms with van der Waals surface area (Å²) < 4.78 is 32.1. The molecule has 0 saturated carbocycles. The number of hydrogen-bond donors (Lipinski definition) is 1. The second kappa shape index (κ2) is 5.06. The van der Waals surface area contributed by atoms with E-state index >= 15 is 0 Å². The van der Waals surface area contributed by atoms with Gasteiger partial charge < -0.3 is 9.47 Å². The van der Waals surface area contributed by atoms with Crippen molar-refractivity contribution in [2.24, 2.45) is 5.14 Å². The van der Waals surface area contributed by atoms with Crippen LogP contribution < -0.4 is 9.88 Å². The van der Waals surface area contributed by atoms with Gasteiger partial charge in [-0.25, -0.2) is 18.5 Å². The molecule has 0 spiro atoms. The Balaban J connectivity index is 2.88. The molecule has 6 nitrogen and oxygen atoms in total. The predicted octanol–water partition coefficient (Wildman–Crippen LogP) is -0.246. The van der Waals surface area contributed by atoms with Crippen LogP contribution >= 0.6 is 0 Å². The van der Waals surface area contributed by atoms with Gasteiger partial charge in [-0.1, -0.05) is 0 Å². The van der Waals surface area contributed by atoms with Gasteiger partial charge in [0, 0.05) is 13.3 Å². The van der Waals surface area contributed by atoms with E-state index in [1.165, 1.54) is 25.4 Å². The first-order valence-electron chi connectivity index (χ1n) is 4.15. The van der Waals surface area contributed by atoms with Gasteiger partial charge in [0.2, 0.25) is 15.9 Å². The molecule has 0 aliphatic carbocycles. The number of aromatic nitrogens is 1. The van der Waals surface area contributed by atoms with Crippen molar-refractivity contribution in [1.82, 2.24) is 4.98 Å². The van der Waals surface area contributed by atoms with Crippen LogP contribution in [0.4, 0.5) is 0 Å². The lowest BCUT2D eigenvalue weighted by Gasteiger charge is -2.07. The molecule has 1 aromatic rings. The Bertz CT molecular complexity index is 418. The fraction of sp³-hybridized carbons (Fsp3) is 0.375. The molecule has 0 saturated heterocycles. The fourth-order valence-electron chi connectivity index (χ4n) is 0.923. The van der Waals surface area contributed by atoms with Gasteiger partial charge in [-0.2, -0.15) is 0 Å². The number of nitrogens with zero attached hydrogens (tertiary/aromatic N) is 1. The molecule has 1 rings (SSSR count). The van der Waals surface area contributed by atoms with Crippen LogP contribution in [0.2, 0.25) is 0 Å². The standard InChI is InChI=1S/C8H12N2O4S/c1-13-5-6-14-8-7(15(9,11)12)3-2-4-10-8/h2-4H,5-6H2,1H3,(H2,9,11,12). The van der Waals surface area contributed by atoms with Gasteiger partial charge in [-0.05, 0) is 12.1 Å². The molecule has 0 bridgehead atoms. The maximum absolute atomic E-state index is 11.1. The highest BCUT2D eigenvalue weighted by Crippen LogP contribution is 2.18. The van der Waals surface area contributed by atoms with Gasteiger partial charge in [0.15, 0.2) is 0 Å². The molecule has 0 radical (unpaired) electrons. The Hall–Kier alpha value is -1.18. The third-order valence-corrected chi connectivity index (χ3v) is 2.49. The molecule has 0 amide bonds. The van der Waals surface area contributed by atoms with E-state index in [1.54, 1.807) is 0 Å². The largest absolute Gasteiger partial charge is 0.474 e. The molecule has 1 aromatic heterocycles. The van der Waals surface area contributed by atoms with Crippen molar-refractivity contribution in [2.45, 2.75) is 4.90 Å². The molecule has 0 unspecified atom stereocenters. The first-order chi connectivity index (χ1) is 7.05. The first kappa shape index (κ1) is 11.9. The zero-order valence-corrected chi connectivity index (χ0v) is 9.03.